The van der Waals surface area contributed by atoms with Gasteiger partial charge >= 0.3 is 0 Å². The number of rotatable bonds is 5. The molecule has 5 rings (SSSR count). The Balaban J connectivity index is 1.22. The van der Waals surface area contributed by atoms with Crippen LogP contribution in [0.5, 0.6) is 0 Å². The summed E-state index contributed by atoms with van der Waals surface area (Å²) in [5.41, 5.74) is 3.01. The van der Waals surface area contributed by atoms with Crippen LogP contribution in [0, 0.1) is 5.92 Å². The van der Waals surface area contributed by atoms with Crippen LogP contribution >= 0.6 is 0 Å². The molecule has 152 valence electrons. The number of benzene rings is 1. The molecule has 0 aliphatic carbocycles. The van der Waals surface area contributed by atoms with Crippen molar-refractivity contribution in [1.82, 2.24) is 19.5 Å². The summed E-state index contributed by atoms with van der Waals surface area (Å²) in [6, 6.07) is 14.3. The van der Waals surface area contributed by atoms with Gasteiger partial charge in [0.25, 0.3) is 0 Å². The molecular formula is C23H29N5O. The van der Waals surface area contributed by atoms with E-state index in [0.717, 1.165) is 67.9 Å². The Kier molecular flexibility index (Phi) is 5.45. The zero-order valence-electron chi connectivity index (χ0n) is 16.8. The topological polar surface area (TPSA) is 54.7 Å². The highest BCUT2D eigenvalue weighted by Gasteiger charge is 2.26. The summed E-state index contributed by atoms with van der Waals surface area (Å²) in [6.07, 6.45) is 6.75. The van der Waals surface area contributed by atoms with Crippen LogP contribution in [0.15, 0.2) is 48.7 Å². The highest BCUT2D eigenvalue weighted by molar-refractivity contribution is 5.60. The summed E-state index contributed by atoms with van der Waals surface area (Å²) in [5.74, 6) is 2.27. The number of hydrogen-bond donors (Lipinski definition) is 1. The maximum Gasteiger partial charge on any atom is 0.155 e. The Labute approximate surface area is 171 Å². The van der Waals surface area contributed by atoms with Gasteiger partial charge in [0.2, 0.25) is 0 Å². The number of nitrogens with one attached hydrogen (secondary N) is 1. The third kappa shape index (κ3) is 4.43. The molecule has 0 amide bonds. The van der Waals surface area contributed by atoms with Crippen LogP contribution in [-0.2, 0) is 4.74 Å². The van der Waals surface area contributed by atoms with Crippen molar-refractivity contribution < 1.29 is 4.74 Å². The van der Waals surface area contributed by atoms with Crippen LogP contribution in [0.1, 0.15) is 37.4 Å². The second-order valence-corrected chi connectivity index (χ2v) is 8.31. The number of nitrogens with zero attached hydrogens (tertiary/aromatic N) is 4. The summed E-state index contributed by atoms with van der Waals surface area (Å²) in [6.45, 7) is 5.40. The zero-order chi connectivity index (χ0) is 19.5. The van der Waals surface area contributed by atoms with E-state index >= 15 is 0 Å². The molecule has 0 radical (unpaired) electrons. The van der Waals surface area contributed by atoms with Crippen molar-refractivity contribution in [2.24, 2.45) is 5.92 Å². The minimum absolute atomic E-state index is 0.464. The molecule has 0 saturated carbocycles. The fraction of sp³-hybridized carbons (Fsp3) is 0.478. The highest BCUT2D eigenvalue weighted by atomic mass is 16.5. The second kappa shape index (κ2) is 8.51. The van der Waals surface area contributed by atoms with Crippen molar-refractivity contribution in [3.05, 3.63) is 54.5 Å². The molecule has 29 heavy (non-hydrogen) atoms. The van der Waals surface area contributed by atoms with E-state index < -0.39 is 0 Å². The molecular weight excluding hydrogens is 362 g/mol. The SMILES string of the molecule is c1ccc(Nc2ccc3nc(C4CCN(CC5CCOCC5)CC4)nn3c2)cc1. The van der Waals surface area contributed by atoms with Gasteiger partial charge < -0.3 is 15.0 Å². The molecule has 2 fully saturated rings. The first-order chi connectivity index (χ1) is 14.3. The number of fused-ring (bicyclic) bond motifs is 1. The standard InChI is InChI=1S/C23H29N5O/c1-2-4-20(5-3-1)24-21-6-7-22-25-23(26-28(22)17-21)19-8-12-27(13-9-19)16-18-10-14-29-15-11-18/h1-7,17-19,24H,8-16H2. The summed E-state index contributed by atoms with van der Waals surface area (Å²) in [5, 5.41) is 8.24. The molecule has 6 nitrogen and oxygen atoms in total. The Bertz CT molecular complexity index is 927. The third-order valence-electron chi connectivity index (χ3n) is 6.22. The number of para-hydroxylation sites is 1. The van der Waals surface area contributed by atoms with Gasteiger partial charge in [0.15, 0.2) is 11.5 Å². The lowest BCUT2D eigenvalue weighted by atomic mass is 9.93. The lowest BCUT2D eigenvalue weighted by Gasteiger charge is -2.34. The van der Waals surface area contributed by atoms with Crippen LogP contribution in [0.2, 0.25) is 0 Å². The molecule has 3 aromatic rings. The van der Waals surface area contributed by atoms with Crippen molar-refractivity contribution in [3.63, 3.8) is 0 Å². The molecule has 0 atom stereocenters. The van der Waals surface area contributed by atoms with E-state index in [1.807, 2.05) is 35.0 Å². The van der Waals surface area contributed by atoms with Crippen LogP contribution < -0.4 is 5.32 Å². The smallest absolute Gasteiger partial charge is 0.155 e. The summed E-state index contributed by atoms with van der Waals surface area (Å²) in [4.78, 5) is 7.44. The van der Waals surface area contributed by atoms with E-state index in [9.17, 15) is 0 Å². The third-order valence-corrected chi connectivity index (χ3v) is 6.22. The van der Waals surface area contributed by atoms with E-state index in [1.54, 1.807) is 0 Å². The molecule has 2 saturated heterocycles. The van der Waals surface area contributed by atoms with Gasteiger partial charge in [0, 0.05) is 31.4 Å². The zero-order valence-corrected chi connectivity index (χ0v) is 16.8. The summed E-state index contributed by atoms with van der Waals surface area (Å²) < 4.78 is 7.40. The van der Waals surface area contributed by atoms with E-state index in [4.69, 9.17) is 14.8 Å². The first-order valence-corrected chi connectivity index (χ1v) is 10.8. The number of anilines is 2. The van der Waals surface area contributed by atoms with Gasteiger partial charge in [0.05, 0.1) is 11.9 Å². The van der Waals surface area contributed by atoms with Crippen LogP contribution in [0.3, 0.4) is 0 Å². The van der Waals surface area contributed by atoms with Crippen molar-refractivity contribution >= 4 is 17.0 Å². The predicted molar refractivity (Wildman–Crippen MR) is 115 cm³/mol. The molecule has 1 N–H and O–H groups in total. The normalized spacial score (nSPS) is 19.6. The molecule has 4 heterocycles. The molecule has 1 aromatic carbocycles. The maximum atomic E-state index is 5.49. The highest BCUT2D eigenvalue weighted by Crippen LogP contribution is 2.28. The molecule has 0 spiro atoms. The van der Waals surface area contributed by atoms with Crippen LogP contribution in [0.25, 0.3) is 5.65 Å². The molecule has 2 aliphatic heterocycles. The number of aromatic nitrogens is 3. The monoisotopic (exact) mass is 391 g/mol. The average Bonchev–Trinajstić information content (AvgIpc) is 3.19. The van der Waals surface area contributed by atoms with Gasteiger partial charge in [-0.3, -0.25) is 0 Å². The number of pyridine rings is 1. The minimum atomic E-state index is 0.464. The van der Waals surface area contributed by atoms with Gasteiger partial charge in [-0.05, 0) is 69.0 Å². The molecule has 0 bridgehead atoms. The van der Waals surface area contributed by atoms with Crippen molar-refractivity contribution in [2.75, 3.05) is 38.2 Å². The fourth-order valence-electron chi connectivity index (χ4n) is 4.50. The molecule has 2 aromatic heterocycles. The van der Waals surface area contributed by atoms with E-state index in [0.29, 0.717) is 5.92 Å². The molecule has 2 aliphatic rings. The maximum absolute atomic E-state index is 5.49. The fourth-order valence-corrected chi connectivity index (χ4v) is 4.50. The van der Waals surface area contributed by atoms with Crippen LogP contribution in [-0.4, -0.2) is 52.3 Å². The van der Waals surface area contributed by atoms with Crippen molar-refractivity contribution in [1.29, 1.82) is 0 Å². The Morgan fingerprint density at radius 1 is 0.931 bits per heavy atom. The average molecular weight is 392 g/mol. The van der Waals surface area contributed by atoms with Crippen molar-refractivity contribution in [3.8, 4) is 0 Å². The summed E-state index contributed by atoms with van der Waals surface area (Å²) in [7, 11) is 0. The van der Waals surface area contributed by atoms with Crippen molar-refractivity contribution in [2.45, 2.75) is 31.6 Å². The number of likely N-dealkylation sites (tertiary alicyclic amines) is 1. The second-order valence-electron chi connectivity index (χ2n) is 8.31. The van der Waals surface area contributed by atoms with E-state index in [1.165, 1.54) is 19.4 Å². The van der Waals surface area contributed by atoms with Gasteiger partial charge in [-0.15, -0.1) is 0 Å². The van der Waals surface area contributed by atoms with E-state index in [2.05, 4.69) is 28.4 Å². The van der Waals surface area contributed by atoms with Crippen LogP contribution in [0.4, 0.5) is 11.4 Å². The van der Waals surface area contributed by atoms with Gasteiger partial charge in [-0.1, -0.05) is 18.2 Å². The van der Waals surface area contributed by atoms with E-state index in [-0.39, 0.29) is 0 Å². The minimum Gasteiger partial charge on any atom is -0.381 e. The quantitative estimate of drug-likeness (QED) is 0.710. The van der Waals surface area contributed by atoms with Gasteiger partial charge in [0.1, 0.15) is 0 Å². The van der Waals surface area contributed by atoms with Gasteiger partial charge in [-0.25, -0.2) is 9.50 Å². The first kappa shape index (κ1) is 18.6. The number of ether oxygens (including phenoxy) is 1. The lowest BCUT2D eigenvalue weighted by molar-refractivity contribution is 0.0486. The Hall–Kier alpha value is -2.44. The first-order valence-electron chi connectivity index (χ1n) is 10.8. The largest absolute Gasteiger partial charge is 0.381 e. The summed E-state index contributed by atoms with van der Waals surface area (Å²) >= 11 is 0. The Morgan fingerprint density at radius 2 is 1.72 bits per heavy atom. The number of piperidine rings is 1. The lowest BCUT2D eigenvalue weighted by Crippen LogP contribution is -2.38. The predicted octanol–water partition coefficient (Wildman–Crippen LogP) is 4.08. The van der Waals surface area contributed by atoms with Gasteiger partial charge in [-0.2, -0.15) is 5.10 Å². The Morgan fingerprint density at radius 3 is 2.52 bits per heavy atom. The molecule has 6 heteroatoms. The number of hydrogen-bond acceptors (Lipinski definition) is 5. The molecule has 0 unspecified atom stereocenters.